The summed E-state index contributed by atoms with van der Waals surface area (Å²) >= 11 is 0. The van der Waals surface area contributed by atoms with E-state index in [0.29, 0.717) is 50.4 Å². The molecule has 2 aromatic rings. The van der Waals surface area contributed by atoms with Gasteiger partial charge in [-0.1, -0.05) is 50.6 Å². The molecule has 5 rings (SSSR count). The lowest BCUT2D eigenvalue weighted by atomic mass is 9.87. The lowest BCUT2D eigenvalue weighted by molar-refractivity contribution is -0.0907. The van der Waals surface area contributed by atoms with Gasteiger partial charge in [0.15, 0.2) is 17.8 Å². The molecule has 0 spiro atoms. The van der Waals surface area contributed by atoms with Crippen molar-refractivity contribution < 1.29 is 50.4 Å². The fraction of sp³-hybridized carbons (Fsp3) is 0.618. The topological polar surface area (TPSA) is 179 Å². The van der Waals surface area contributed by atoms with Gasteiger partial charge in [-0.2, -0.15) is 4.31 Å². The van der Waals surface area contributed by atoms with Crippen molar-refractivity contribution in [2.75, 3.05) is 52.3 Å². The van der Waals surface area contributed by atoms with Crippen LogP contribution in [0.5, 0.6) is 11.5 Å². The van der Waals surface area contributed by atoms with Gasteiger partial charge in [-0.15, -0.1) is 0 Å². The Hall–Kier alpha value is -2.99. The maximum absolute atomic E-state index is 14.4. The Balaban J connectivity index is 1.35. The molecule has 2 fully saturated rings. The first kappa shape index (κ1) is 38.2. The van der Waals surface area contributed by atoms with Gasteiger partial charge in [0.2, 0.25) is 20.0 Å². The molecule has 3 aliphatic rings. The van der Waals surface area contributed by atoms with Gasteiger partial charge in [-0.3, -0.25) is 0 Å². The van der Waals surface area contributed by atoms with Crippen molar-refractivity contribution >= 4 is 26.1 Å². The molecule has 2 saturated heterocycles. The van der Waals surface area contributed by atoms with Crippen molar-refractivity contribution in [1.29, 1.82) is 0 Å². The molecule has 0 bridgehead atoms. The summed E-state index contributed by atoms with van der Waals surface area (Å²) in [6.07, 6.45) is 0.811. The number of aliphatic hydroxyl groups is 1. The summed E-state index contributed by atoms with van der Waals surface area (Å²) in [5.41, 5.74) is 0.254. The third-order valence-corrected chi connectivity index (χ3v) is 11.6. The Morgan fingerprint density at radius 2 is 1.76 bits per heavy atom. The zero-order valence-electron chi connectivity index (χ0n) is 28.8. The SMILES string of the molecule is CC(C)(CCCCNS(C)(=O)=O)CN(C[C@@H](O)[C@H](Cc1ccccc1)NC(=O)O[C@H]1CO[C@H]2OCC[C@H]21)S(=O)(=O)c1ccc2c(c1)OCCO2. The number of ether oxygens (including phenoxy) is 5. The minimum absolute atomic E-state index is 0.0244. The van der Waals surface area contributed by atoms with E-state index in [2.05, 4.69) is 10.0 Å². The van der Waals surface area contributed by atoms with Crippen LogP contribution in [0.4, 0.5) is 4.79 Å². The van der Waals surface area contributed by atoms with Gasteiger partial charge in [0.05, 0.1) is 42.4 Å². The van der Waals surface area contributed by atoms with Crippen LogP contribution in [0.15, 0.2) is 53.4 Å². The smallest absolute Gasteiger partial charge is 0.407 e. The van der Waals surface area contributed by atoms with Gasteiger partial charge >= 0.3 is 6.09 Å². The van der Waals surface area contributed by atoms with E-state index in [4.69, 9.17) is 23.7 Å². The van der Waals surface area contributed by atoms with E-state index in [-0.39, 0.29) is 50.1 Å². The highest BCUT2D eigenvalue weighted by Crippen LogP contribution is 2.35. The predicted octanol–water partition coefficient (Wildman–Crippen LogP) is 2.65. The lowest BCUT2D eigenvalue weighted by Crippen LogP contribution is -2.52. The highest BCUT2D eigenvalue weighted by atomic mass is 32.2. The number of benzene rings is 2. The zero-order valence-corrected chi connectivity index (χ0v) is 30.4. The van der Waals surface area contributed by atoms with E-state index in [1.165, 1.54) is 16.4 Å². The second-order valence-corrected chi connectivity index (χ2v) is 17.6. The molecule has 3 N–H and O–H groups in total. The van der Waals surface area contributed by atoms with Crippen LogP contribution in [0, 0.1) is 11.3 Å². The monoisotopic (exact) mass is 739 g/mol. The molecular weight excluding hydrogens is 691 g/mol. The number of rotatable bonds is 17. The fourth-order valence-electron chi connectivity index (χ4n) is 6.48. The number of carbonyl (C=O) groups excluding carboxylic acids is 1. The second-order valence-electron chi connectivity index (χ2n) is 13.9. The predicted molar refractivity (Wildman–Crippen MR) is 184 cm³/mol. The van der Waals surface area contributed by atoms with Gasteiger partial charge in [-0.05, 0) is 48.8 Å². The van der Waals surface area contributed by atoms with Crippen molar-refractivity contribution in [2.45, 2.75) is 75.4 Å². The number of nitrogens with one attached hydrogen (secondary N) is 2. The maximum Gasteiger partial charge on any atom is 0.407 e. The summed E-state index contributed by atoms with van der Waals surface area (Å²) in [6.45, 7) is 5.19. The Morgan fingerprint density at radius 3 is 2.50 bits per heavy atom. The summed E-state index contributed by atoms with van der Waals surface area (Å²) in [4.78, 5) is 13.2. The average Bonchev–Trinajstić information content (AvgIpc) is 3.69. The molecule has 3 aliphatic heterocycles. The highest BCUT2D eigenvalue weighted by Gasteiger charge is 2.44. The Kier molecular flexibility index (Phi) is 12.7. The van der Waals surface area contributed by atoms with Crippen molar-refractivity contribution in [3.05, 3.63) is 54.1 Å². The molecule has 278 valence electrons. The Bertz CT molecular complexity index is 1660. The standard InChI is InChI=1S/C34H49N3O11S2/c1-34(2,14-7-8-15-35-49(3,40)41)23-37(50(42,43)25-11-12-29-30(20-25)45-18-17-44-29)21-28(38)27(19-24-9-5-4-6-10-24)36-33(39)48-31-22-47-32-26(31)13-16-46-32/h4-6,9-12,20,26-28,31-32,35,38H,7-8,13-19,21-23H2,1-3H3,(H,36,39)/t26-,27-,28+,31-,32+/m0/s1. The van der Waals surface area contributed by atoms with Crippen LogP contribution in [-0.4, -0.2) is 109 Å². The summed E-state index contributed by atoms with van der Waals surface area (Å²) in [7, 11) is -7.52. The summed E-state index contributed by atoms with van der Waals surface area (Å²) in [5.74, 6) is 0.681. The van der Waals surface area contributed by atoms with E-state index in [1.807, 2.05) is 44.2 Å². The molecule has 0 aliphatic carbocycles. The van der Waals surface area contributed by atoms with Gasteiger partial charge in [0, 0.05) is 25.7 Å². The minimum atomic E-state index is -4.21. The van der Waals surface area contributed by atoms with Crippen molar-refractivity contribution in [3.63, 3.8) is 0 Å². The Morgan fingerprint density at radius 1 is 1.02 bits per heavy atom. The number of aliphatic hydroxyl groups excluding tert-OH is 1. The number of unbranched alkanes of at least 4 members (excludes halogenated alkanes) is 1. The summed E-state index contributed by atoms with van der Waals surface area (Å²) in [5, 5.41) is 14.6. The second kappa shape index (κ2) is 16.6. The van der Waals surface area contributed by atoms with E-state index < -0.39 is 56.1 Å². The third-order valence-electron chi connectivity index (χ3n) is 9.10. The first-order valence-electron chi connectivity index (χ1n) is 17.0. The molecule has 0 radical (unpaired) electrons. The molecule has 5 atom stereocenters. The number of nitrogens with zero attached hydrogens (tertiary/aromatic N) is 1. The average molecular weight is 740 g/mol. The van der Waals surface area contributed by atoms with Crippen LogP contribution in [-0.2, 0) is 40.7 Å². The molecule has 0 saturated carbocycles. The number of amides is 1. The molecule has 16 heteroatoms. The van der Waals surface area contributed by atoms with Crippen LogP contribution in [0.3, 0.4) is 0 Å². The first-order chi connectivity index (χ1) is 23.7. The van der Waals surface area contributed by atoms with Crippen molar-refractivity contribution in [2.24, 2.45) is 11.3 Å². The van der Waals surface area contributed by atoms with Crippen molar-refractivity contribution in [1.82, 2.24) is 14.3 Å². The lowest BCUT2D eigenvalue weighted by Gasteiger charge is -2.35. The number of hydrogen-bond acceptors (Lipinski definition) is 11. The van der Waals surface area contributed by atoms with Gasteiger partial charge in [0.25, 0.3) is 0 Å². The molecule has 2 aromatic carbocycles. The van der Waals surface area contributed by atoms with Crippen molar-refractivity contribution in [3.8, 4) is 11.5 Å². The quantitative estimate of drug-likeness (QED) is 0.203. The van der Waals surface area contributed by atoms with E-state index in [0.717, 1.165) is 11.8 Å². The van der Waals surface area contributed by atoms with Crippen LogP contribution in [0.1, 0.15) is 45.1 Å². The largest absolute Gasteiger partial charge is 0.486 e. The zero-order chi connectivity index (χ0) is 35.9. The molecule has 0 unspecified atom stereocenters. The van der Waals surface area contributed by atoms with Crippen LogP contribution >= 0.6 is 0 Å². The molecular formula is C34H49N3O11S2. The summed E-state index contributed by atoms with van der Waals surface area (Å²) in [6, 6.07) is 12.8. The van der Waals surface area contributed by atoms with Crippen LogP contribution in [0.2, 0.25) is 0 Å². The van der Waals surface area contributed by atoms with Crippen LogP contribution < -0.4 is 19.5 Å². The van der Waals surface area contributed by atoms with Gasteiger partial charge in [0.1, 0.15) is 19.3 Å². The van der Waals surface area contributed by atoms with E-state index in [1.54, 1.807) is 6.07 Å². The number of hydrogen-bond donors (Lipinski definition) is 3. The molecule has 0 aromatic heterocycles. The fourth-order valence-corrected chi connectivity index (χ4v) is 8.66. The Labute approximate surface area is 294 Å². The number of carbonyl (C=O) groups is 1. The molecule has 3 heterocycles. The normalized spacial score (nSPS) is 21.8. The minimum Gasteiger partial charge on any atom is -0.486 e. The van der Waals surface area contributed by atoms with E-state index in [9.17, 15) is 26.7 Å². The maximum atomic E-state index is 14.4. The number of alkyl carbamates (subject to hydrolysis) is 1. The molecule has 14 nitrogen and oxygen atoms in total. The molecule has 1 amide bonds. The third kappa shape index (κ3) is 10.5. The van der Waals surface area contributed by atoms with Gasteiger partial charge in [-0.25, -0.2) is 26.4 Å². The number of sulfonamides is 2. The van der Waals surface area contributed by atoms with Gasteiger partial charge < -0.3 is 34.1 Å². The van der Waals surface area contributed by atoms with Crippen LogP contribution in [0.25, 0.3) is 0 Å². The molecule has 50 heavy (non-hydrogen) atoms. The first-order valence-corrected chi connectivity index (χ1v) is 20.3. The van der Waals surface area contributed by atoms with E-state index >= 15 is 0 Å². The summed E-state index contributed by atoms with van der Waals surface area (Å²) < 4.78 is 83.5. The number of fused-ring (bicyclic) bond motifs is 2. The highest BCUT2D eigenvalue weighted by molar-refractivity contribution is 7.89.